The van der Waals surface area contributed by atoms with Crippen molar-refractivity contribution in [2.75, 3.05) is 5.73 Å². The van der Waals surface area contributed by atoms with Gasteiger partial charge in [0, 0.05) is 5.69 Å². The zero-order chi connectivity index (χ0) is 15.7. The largest absolute Gasteiger partial charge is 0.454 e. The van der Waals surface area contributed by atoms with E-state index in [1.54, 1.807) is 20.8 Å². The minimum Gasteiger partial charge on any atom is -0.454 e. The van der Waals surface area contributed by atoms with E-state index in [9.17, 15) is 18.0 Å². The van der Waals surface area contributed by atoms with Crippen molar-refractivity contribution in [3.05, 3.63) is 23.8 Å². The number of Topliss-reactive ketones (excluding diaryl/α,β-unsaturated/α-hetero) is 1. The van der Waals surface area contributed by atoms with E-state index in [1.165, 1.54) is 6.07 Å². The summed E-state index contributed by atoms with van der Waals surface area (Å²) in [6, 6.07) is 3.18. The second-order valence-electron chi connectivity index (χ2n) is 5.06. The molecule has 1 aromatic rings. The number of carbonyl (C=O) groups is 2. The molecule has 1 rings (SSSR count). The maximum atomic E-state index is 11.9. The zero-order valence-electron chi connectivity index (χ0n) is 11.2. The lowest BCUT2D eigenvalue weighted by Crippen LogP contribution is -2.29. The Bertz CT molecular complexity index is 657. The number of hydrogen-bond acceptors (Lipinski definition) is 6. The van der Waals surface area contributed by atoms with Crippen molar-refractivity contribution in [2.45, 2.75) is 31.3 Å². The summed E-state index contributed by atoms with van der Waals surface area (Å²) in [5.74, 6) is -2.39. The fraction of sp³-hybridized carbons (Fsp3) is 0.333. The van der Waals surface area contributed by atoms with Crippen molar-refractivity contribution in [3.63, 3.8) is 0 Å². The summed E-state index contributed by atoms with van der Waals surface area (Å²) in [5, 5.41) is 0. The van der Waals surface area contributed by atoms with Crippen LogP contribution in [0.2, 0.25) is 0 Å². The first-order valence-corrected chi connectivity index (χ1v) is 7.00. The highest BCUT2D eigenvalue weighted by Crippen LogP contribution is 2.21. The van der Waals surface area contributed by atoms with Crippen LogP contribution in [0.4, 0.5) is 5.69 Å². The molecule has 1 aromatic carbocycles. The first-order valence-electron chi connectivity index (χ1n) is 5.56. The molecule has 0 saturated carbocycles. The Morgan fingerprint density at radius 1 is 1.25 bits per heavy atom. The summed E-state index contributed by atoms with van der Waals surface area (Å²) < 4.78 is 36.4. The van der Waals surface area contributed by atoms with Crippen molar-refractivity contribution in [3.8, 4) is 0 Å². The number of hydrogen-bond donors (Lipinski definition) is 2. The quantitative estimate of drug-likeness (QED) is 0.281. The standard InChI is InChI=1S/C12H15NO6S/c1-12(2,3)19-11(15)10(14)8-5-4-7(13)6-9(8)20(16,17)18/h4-6H,13H2,1-3H3,(H,16,17,18). The van der Waals surface area contributed by atoms with E-state index in [-0.39, 0.29) is 5.69 Å². The highest BCUT2D eigenvalue weighted by molar-refractivity contribution is 7.86. The molecule has 0 unspecified atom stereocenters. The molecule has 0 radical (unpaired) electrons. The van der Waals surface area contributed by atoms with Crippen LogP contribution >= 0.6 is 0 Å². The van der Waals surface area contributed by atoms with Crippen LogP contribution in [-0.4, -0.2) is 30.3 Å². The number of nitrogens with two attached hydrogens (primary N) is 1. The van der Waals surface area contributed by atoms with Crippen LogP contribution < -0.4 is 5.73 Å². The van der Waals surface area contributed by atoms with Gasteiger partial charge in [0.1, 0.15) is 10.5 Å². The fourth-order valence-corrected chi connectivity index (χ4v) is 2.10. The summed E-state index contributed by atoms with van der Waals surface area (Å²) in [6.07, 6.45) is 0. The van der Waals surface area contributed by atoms with E-state index in [4.69, 9.17) is 15.0 Å². The Kier molecular flexibility index (Phi) is 4.21. The molecule has 0 saturated heterocycles. The molecule has 20 heavy (non-hydrogen) atoms. The average molecular weight is 301 g/mol. The number of esters is 1. The molecule has 3 N–H and O–H groups in total. The Balaban J connectivity index is 3.27. The predicted octanol–water partition coefficient (Wildman–Crippen LogP) is 1.04. The van der Waals surface area contributed by atoms with Gasteiger partial charge in [-0.1, -0.05) is 0 Å². The van der Waals surface area contributed by atoms with Gasteiger partial charge in [-0.3, -0.25) is 9.35 Å². The summed E-state index contributed by atoms with van der Waals surface area (Å²) >= 11 is 0. The molecule has 0 heterocycles. The van der Waals surface area contributed by atoms with E-state index < -0.39 is 37.9 Å². The van der Waals surface area contributed by atoms with Gasteiger partial charge >= 0.3 is 5.97 Å². The molecule has 0 atom stereocenters. The lowest BCUT2D eigenvalue weighted by molar-refractivity contribution is -0.148. The third-order valence-corrected chi connectivity index (χ3v) is 3.01. The average Bonchev–Trinajstić information content (AvgIpc) is 2.24. The van der Waals surface area contributed by atoms with Gasteiger partial charge in [0.15, 0.2) is 0 Å². The highest BCUT2D eigenvalue weighted by atomic mass is 32.2. The van der Waals surface area contributed by atoms with Gasteiger partial charge < -0.3 is 10.5 Å². The third kappa shape index (κ3) is 4.04. The Hall–Kier alpha value is -1.93. The van der Waals surface area contributed by atoms with Crippen molar-refractivity contribution in [1.29, 1.82) is 0 Å². The SMILES string of the molecule is CC(C)(C)OC(=O)C(=O)c1ccc(N)cc1S(=O)(=O)O. The minimum atomic E-state index is -4.69. The molecule has 0 aliphatic carbocycles. The topological polar surface area (TPSA) is 124 Å². The van der Waals surface area contributed by atoms with Gasteiger partial charge in [-0.15, -0.1) is 0 Å². The number of ether oxygens (including phenoxy) is 1. The van der Waals surface area contributed by atoms with Gasteiger partial charge in [0.25, 0.3) is 15.9 Å². The molecule has 110 valence electrons. The maximum absolute atomic E-state index is 11.9. The van der Waals surface area contributed by atoms with Gasteiger partial charge in [-0.2, -0.15) is 8.42 Å². The summed E-state index contributed by atoms with van der Waals surface area (Å²) in [5.41, 5.74) is 4.03. The Morgan fingerprint density at radius 3 is 2.25 bits per heavy atom. The predicted molar refractivity (Wildman–Crippen MR) is 70.8 cm³/mol. The zero-order valence-corrected chi connectivity index (χ0v) is 12.0. The van der Waals surface area contributed by atoms with Crippen molar-refractivity contribution in [1.82, 2.24) is 0 Å². The van der Waals surface area contributed by atoms with E-state index in [0.29, 0.717) is 0 Å². The van der Waals surface area contributed by atoms with Crippen LogP contribution in [0.3, 0.4) is 0 Å². The molecular formula is C12H15NO6S. The molecule has 0 aromatic heterocycles. The number of ketones is 1. The minimum absolute atomic E-state index is 0.0263. The van der Waals surface area contributed by atoms with E-state index in [2.05, 4.69) is 0 Å². The van der Waals surface area contributed by atoms with Crippen LogP contribution in [0.1, 0.15) is 31.1 Å². The highest BCUT2D eigenvalue weighted by Gasteiger charge is 2.29. The first-order chi connectivity index (χ1) is 8.92. The summed E-state index contributed by atoms with van der Waals surface area (Å²) in [4.78, 5) is 22.8. The molecule has 0 aliphatic rings. The molecular weight excluding hydrogens is 286 g/mol. The van der Waals surface area contributed by atoms with Crippen molar-refractivity contribution >= 4 is 27.6 Å². The van der Waals surface area contributed by atoms with Crippen LogP contribution in [0.15, 0.2) is 23.1 Å². The third-order valence-electron chi connectivity index (χ3n) is 2.11. The Morgan fingerprint density at radius 2 is 1.80 bits per heavy atom. The summed E-state index contributed by atoms with van der Waals surface area (Å²) in [7, 11) is -4.69. The molecule has 0 bridgehead atoms. The number of nitrogen functional groups attached to an aromatic ring is 1. The fourth-order valence-electron chi connectivity index (χ4n) is 1.37. The molecule has 7 nitrogen and oxygen atoms in total. The van der Waals surface area contributed by atoms with Crippen molar-refractivity contribution in [2.24, 2.45) is 0 Å². The van der Waals surface area contributed by atoms with E-state index in [0.717, 1.165) is 12.1 Å². The molecule has 8 heteroatoms. The van der Waals surface area contributed by atoms with Crippen LogP contribution in [0.5, 0.6) is 0 Å². The first kappa shape index (κ1) is 16.1. The van der Waals surface area contributed by atoms with E-state index >= 15 is 0 Å². The number of rotatable bonds is 3. The van der Waals surface area contributed by atoms with Gasteiger partial charge in [0.05, 0.1) is 5.56 Å². The molecule has 0 spiro atoms. The molecule has 0 amide bonds. The van der Waals surface area contributed by atoms with Crippen LogP contribution in [-0.2, 0) is 19.6 Å². The second kappa shape index (κ2) is 5.22. The maximum Gasteiger partial charge on any atom is 0.380 e. The van der Waals surface area contributed by atoms with Gasteiger partial charge in [0.2, 0.25) is 0 Å². The smallest absolute Gasteiger partial charge is 0.380 e. The molecule has 0 fully saturated rings. The Labute approximate surface area is 116 Å². The van der Waals surface area contributed by atoms with E-state index in [1.807, 2.05) is 0 Å². The second-order valence-corrected chi connectivity index (χ2v) is 6.45. The normalized spacial score (nSPS) is 12.0. The monoisotopic (exact) mass is 301 g/mol. The lowest BCUT2D eigenvalue weighted by Gasteiger charge is -2.19. The van der Waals surface area contributed by atoms with Crippen LogP contribution in [0, 0.1) is 0 Å². The van der Waals surface area contributed by atoms with Gasteiger partial charge in [-0.05, 0) is 39.0 Å². The molecule has 0 aliphatic heterocycles. The number of carbonyl (C=O) groups excluding carboxylic acids is 2. The van der Waals surface area contributed by atoms with Crippen LogP contribution in [0.25, 0.3) is 0 Å². The number of anilines is 1. The lowest BCUT2D eigenvalue weighted by atomic mass is 10.1. The summed E-state index contributed by atoms with van der Waals surface area (Å²) in [6.45, 7) is 4.68. The number of benzene rings is 1. The van der Waals surface area contributed by atoms with Crippen molar-refractivity contribution < 1.29 is 27.3 Å². The van der Waals surface area contributed by atoms with Gasteiger partial charge in [-0.25, -0.2) is 4.79 Å².